The Kier molecular flexibility index (Phi) is 7.40. The monoisotopic (exact) mass is 416 g/mol. The van der Waals surface area contributed by atoms with E-state index in [1.165, 1.54) is 0 Å². The Balaban J connectivity index is 1.46. The van der Waals surface area contributed by atoms with Gasteiger partial charge in [-0.3, -0.25) is 9.59 Å². The van der Waals surface area contributed by atoms with E-state index < -0.39 is 6.10 Å². The third kappa shape index (κ3) is 5.97. The fraction of sp³-hybridized carbons (Fsp3) is 0.667. The van der Waals surface area contributed by atoms with Gasteiger partial charge >= 0.3 is 5.97 Å². The molecular formula is C24H36N2O4. The van der Waals surface area contributed by atoms with E-state index >= 15 is 0 Å². The fourth-order valence-corrected chi connectivity index (χ4v) is 4.34. The molecule has 0 spiro atoms. The highest BCUT2D eigenvalue weighted by molar-refractivity contribution is 5.95. The molecular weight excluding hydrogens is 380 g/mol. The molecule has 1 atom stereocenters. The summed E-state index contributed by atoms with van der Waals surface area (Å²) < 4.78 is 10.9. The summed E-state index contributed by atoms with van der Waals surface area (Å²) in [7, 11) is 0. The lowest BCUT2D eigenvalue weighted by atomic mass is 9.70. The van der Waals surface area contributed by atoms with E-state index in [-0.39, 0.29) is 23.2 Å². The first kappa shape index (κ1) is 22.6. The van der Waals surface area contributed by atoms with Crippen LogP contribution in [0.4, 0.5) is 11.4 Å². The molecule has 1 aromatic carbocycles. The number of morpholine rings is 1. The second-order valence-electron chi connectivity index (χ2n) is 9.63. The molecule has 1 aromatic rings. The average molecular weight is 417 g/mol. The SMILES string of the molecule is C[C@@H](OC(=O)C1CCC(C(C)(C)C)CC1)C(=O)Nc1ccc(N2CCOCC2)cc1. The Morgan fingerprint density at radius 2 is 1.67 bits per heavy atom. The van der Waals surface area contributed by atoms with Crippen LogP contribution in [0, 0.1) is 17.3 Å². The fourth-order valence-electron chi connectivity index (χ4n) is 4.34. The van der Waals surface area contributed by atoms with Gasteiger partial charge in [0.1, 0.15) is 0 Å². The lowest BCUT2D eigenvalue weighted by Gasteiger charge is -2.36. The largest absolute Gasteiger partial charge is 0.452 e. The summed E-state index contributed by atoms with van der Waals surface area (Å²) in [5.41, 5.74) is 2.09. The summed E-state index contributed by atoms with van der Waals surface area (Å²) in [4.78, 5) is 27.3. The van der Waals surface area contributed by atoms with Crippen LogP contribution in [0.1, 0.15) is 53.4 Å². The molecule has 0 aromatic heterocycles. The van der Waals surface area contributed by atoms with Crippen molar-refractivity contribution >= 4 is 23.3 Å². The smallest absolute Gasteiger partial charge is 0.309 e. The molecule has 30 heavy (non-hydrogen) atoms. The lowest BCUT2D eigenvalue weighted by Crippen LogP contribution is -2.36. The van der Waals surface area contributed by atoms with Gasteiger partial charge in [-0.2, -0.15) is 0 Å². The molecule has 0 bridgehead atoms. The summed E-state index contributed by atoms with van der Waals surface area (Å²) in [6.45, 7) is 11.6. The van der Waals surface area contributed by atoms with Gasteiger partial charge in [-0.05, 0) is 68.2 Å². The van der Waals surface area contributed by atoms with Crippen LogP contribution < -0.4 is 10.2 Å². The predicted molar refractivity (Wildman–Crippen MR) is 119 cm³/mol. The number of rotatable bonds is 5. The van der Waals surface area contributed by atoms with Crippen LogP contribution in [0.2, 0.25) is 0 Å². The summed E-state index contributed by atoms with van der Waals surface area (Å²) in [6, 6.07) is 7.74. The molecule has 1 heterocycles. The molecule has 0 unspecified atom stereocenters. The van der Waals surface area contributed by atoms with Crippen molar-refractivity contribution in [3.8, 4) is 0 Å². The molecule has 2 fully saturated rings. The maximum absolute atomic E-state index is 12.5. The minimum atomic E-state index is -0.809. The molecule has 0 radical (unpaired) electrons. The van der Waals surface area contributed by atoms with Gasteiger partial charge < -0.3 is 19.7 Å². The van der Waals surface area contributed by atoms with Crippen LogP contribution in [0.3, 0.4) is 0 Å². The van der Waals surface area contributed by atoms with Crippen LogP contribution in [-0.4, -0.2) is 44.3 Å². The molecule has 3 rings (SSSR count). The number of esters is 1. The number of nitrogens with zero attached hydrogens (tertiary/aromatic N) is 1. The first-order valence-electron chi connectivity index (χ1n) is 11.2. The highest BCUT2D eigenvalue weighted by Crippen LogP contribution is 2.40. The van der Waals surface area contributed by atoms with Gasteiger partial charge in [-0.15, -0.1) is 0 Å². The molecule has 166 valence electrons. The van der Waals surface area contributed by atoms with Crippen LogP contribution in [0.5, 0.6) is 0 Å². The quantitative estimate of drug-likeness (QED) is 0.727. The molecule has 2 aliphatic rings. The van der Waals surface area contributed by atoms with Crippen molar-refractivity contribution in [2.24, 2.45) is 17.3 Å². The van der Waals surface area contributed by atoms with E-state index in [0.717, 1.165) is 57.7 Å². The van der Waals surface area contributed by atoms with E-state index in [9.17, 15) is 9.59 Å². The minimum absolute atomic E-state index is 0.0911. The van der Waals surface area contributed by atoms with E-state index in [2.05, 4.69) is 31.0 Å². The number of carbonyl (C=O) groups is 2. The average Bonchev–Trinajstić information content (AvgIpc) is 2.74. The summed E-state index contributed by atoms with van der Waals surface area (Å²) in [5, 5.41) is 2.85. The number of ether oxygens (including phenoxy) is 2. The first-order chi connectivity index (χ1) is 14.2. The van der Waals surface area contributed by atoms with Gasteiger partial charge in [-0.1, -0.05) is 20.8 Å². The molecule has 1 amide bonds. The topological polar surface area (TPSA) is 67.9 Å². The van der Waals surface area contributed by atoms with Crippen LogP contribution in [0.25, 0.3) is 0 Å². The highest BCUT2D eigenvalue weighted by atomic mass is 16.5. The molecule has 1 N–H and O–H groups in total. The summed E-state index contributed by atoms with van der Waals surface area (Å²) >= 11 is 0. The van der Waals surface area contributed by atoms with Crippen molar-refractivity contribution in [1.29, 1.82) is 0 Å². The number of nitrogens with one attached hydrogen (secondary N) is 1. The van der Waals surface area contributed by atoms with Crippen molar-refractivity contribution in [2.75, 3.05) is 36.5 Å². The normalized spacial score (nSPS) is 23.5. The maximum Gasteiger partial charge on any atom is 0.309 e. The van der Waals surface area contributed by atoms with Crippen molar-refractivity contribution in [3.05, 3.63) is 24.3 Å². The Labute approximate surface area is 180 Å². The predicted octanol–water partition coefficient (Wildman–Crippen LogP) is 4.25. The second kappa shape index (κ2) is 9.82. The van der Waals surface area contributed by atoms with Crippen molar-refractivity contribution in [1.82, 2.24) is 0 Å². The van der Waals surface area contributed by atoms with Gasteiger partial charge in [0.25, 0.3) is 5.91 Å². The van der Waals surface area contributed by atoms with Gasteiger partial charge in [0.05, 0.1) is 19.1 Å². The standard InChI is InChI=1S/C24H36N2O4/c1-17(30-23(28)18-5-7-19(8-6-18)24(2,3)4)22(27)25-20-9-11-21(12-10-20)26-13-15-29-16-14-26/h9-12,17-19H,5-8,13-16H2,1-4H3,(H,25,27)/t17-,18?,19?/m1/s1. The lowest BCUT2D eigenvalue weighted by molar-refractivity contribution is -0.158. The number of carbonyl (C=O) groups excluding carboxylic acids is 2. The van der Waals surface area contributed by atoms with E-state index in [4.69, 9.17) is 9.47 Å². The van der Waals surface area contributed by atoms with Gasteiger partial charge in [0.2, 0.25) is 0 Å². The Morgan fingerprint density at radius 1 is 1.07 bits per heavy atom. The molecule has 1 aliphatic carbocycles. The second-order valence-corrected chi connectivity index (χ2v) is 9.63. The Bertz CT molecular complexity index is 712. The van der Waals surface area contributed by atoms with Crippen molar-refractivity contribution in [3.63, 3.8) is 0 Å². The number of benzene rings is 1. The molecule has 6 heteroatoms. The van der Waals surface area contributed by atoms with Crippen LogP contribution in [-0.2, 0) is 19.1 Å². The Morgan fingerprint density at radius 3 is 2.23 bits per heavy atom. The zero-order valence-corrected chi connectivity index (χ0v) is 18.8. The van der Waals surface area contributed by atoms with Crippen molar-refractivity contribution in [2.45, 2.75) is 59.5 Å². The summed E-state index contributed by atoms with van der Waals surface area (Å²) in [6.07, 6.45) is 2.96. The number of hydrogen-bond donors (Lipinski definition) is 1. The van der Waals surface area contributed by atoms with E-state index in [1.54, 1.807) is 6.92 Å². The van der Waals surface area contributed by atoms with Crippen LogP contribution in [0.15, 0.2) is 24.3 Å². The van der Waals surface area contributed by atoms with E-state index in [0.29, 0.717) is 11.6 Å². The molecule has 1 aliphatic heterocycles. The van der Waals surface area contributed by atoms with E-state index in [1.807, 2.05) is 24.3 Å². The zero-order chi connectivity index (χ0) is 21.7. The zero-order valence-electron chi connectivity index (χ0n) is 18.8. The van der Waals surface area contributed by atoms with Crippen LogP contribution >= 0.6 is 0 Å². The molecule has 1 saturated carbocycles. The number of anilines is 2. The number of amides is 1. The minimum Gasteiger partial charge on any atom is -0.452 e. The van der Waals surface area contributed by atoms with Gasteiger partial charge in [-0.25, -0.2) is 0 Å². The number of hydrogen-bond acceptors (Lipinski definition) is 5. The third-order valence-electron chi connectivity index (χ3n) is 6.46. The maximum atomic E-state index is 12.5. The van der Waals surface area contributed by atoms with Crippen molar-refractivity contribution < 1.29 is 19.1 Å². The van der Waals surface area contributed by atoms with Gasteiger partial charge in [0, 0.05) is 24.5 Å². The first-order valence-corrected chi connectivity index (χ1v) is 11.2. The van der Waals surface area contributed by atoms with Gasteiger partial charge in [0.15, 0.2) is 6.10 Å². The summed E-state index contributed by atoms with van der Waals surface area (Å²) in [5.74, 6) is 0.00730. The third-order valence-corrected chi connectivity index (χ3v) is 6.46. The molecule has 1 saturated heterocycles. The highest BCUT2D eigenvalue weighted by Gasteiger charge is 2.34. The Hall–Kier alpha value is -2.08. The molecule has 6 nitrogen and oxygen atoms in total.